The van der Waals surface area contributed by atoms with E-state index in [4.69, 9.17) is 10.2 Å². The quantitative estimate of drug-likeness (QED) is 0.679. The van der Waals surface area contributed by atoms with Gasteiger partial charge < -0.3 is 15.3 Å². The van der Waals surface area contributed by atoms with Gasteiger partial charge in [-0.05, 0) is 39.2 Å². The van der Waals surface area contributed by atoms with Gasteiger partial charge in [-0.2, -0.15) is 5.26 Å². The van der Waals surface area contributed by atoms with Crippen LogP contribution in [0.15, 0.2) is 11.4 Å². The number of nitrogens with zero attached hydrogens (tertiary/aromatic N) is 6. The highest BCUT2D eigenvalue weighted by atomic mass is 32.1. The molecule has 0 bridgehead atoms. The van der Waals surface area contributed by atoms with Gasteiger partial charge in [-0.25, -0.2) is 15.0 Å². The second kappa shape index (κ2) is 9.68. The predicted octanol–water partition coefficient (Wildman–Crippen LogP) is 2.29. The highest BCUT2D eigenvalue weighted by Gasteiger charge is 2.25. The second-order valence-corrected chi connectivity index (χ2v) is 9.03. The van der Waals surface area contributed by atoms with Gasteiger partial charge in [0.05, 0.1) is 18.7 Å². The molecule has 9 nitrogen and oxygen atoms in total. The summed E-state index contributed by atoms with van der Waals surface area (Å²) in [7, 11) is 0. The van der Waals surface area contributed by atoms with Crippen molar-refractivity contribution in [3.63, 3.8) is 0 Å². The van der Waals surface area contributed by atoms with Gasteiger partial charge in [0.1, 0.15) is 17.3 Å². The Hall–Kier alpha value is -2.61. The van der Waals surface area contributed by atoms with E-state index >= 15 is 0 Å². The molecule has 0 spiro atoms. The van der Waals surface area contributed by atoms with Crippen molar-refractivity contribution in [2.24, 2.45) is 0 Å². The maximum Gasteiger partial charge on any atom is 0.273 e. The number of hydrogen-bond donors (Lipinski definition) is 2. The first-order valence-corrected chi connectivity index (χ1v) is 11.5. The van der Waals surface area contributed by atoms with Crippen molar-refractivity contribution < 1.29 is 9.90 Å². The first-order chi connectivity index (χ1) is 15.0. The van der Waals surface area contributed by atoms with Crippen LogP contribution < -0.4 is 5.32 Å². The molecule has 0 saturated carbocycles. The molecule has 1 amide bonds. The lowest BCUT2D eigenvalue weighted by molar-refractivity contribution is 0.0542. The van der Waals surface area contributed by atoms with Crippen LogP contribution in [-0.2, 0) is 0 Å². The summed E-state index contributed by atoms with van der Waals surface area (Å²) in [6, 6.07) is 4.09. The molecule has 2 aromatic heterocycles. The van der Waals surface area contributed by atoms with Crippen molar-refractivity contribution in [3.8, 4) is 6.07 Å². The van der Waals surface area contributed by atoms with Crippen LogP contribution in [0.4, 0.5) is 10.9 Å². The maximum absolute atomic E-state index is 12.7. The molecule has 2 aliphatic rings. The predicted molar refractivity (Wildman–Crippen MR) is 117 cm³/mol. The Bertz CT molecular complexity index is 965. The van der Waals surface area contributed by atoms with Crippen LogP contribution in [0.1, 0.15) is 53.6 Å². The number of carbonyl (C=O) groups is 1. The number of piperidine rings is 2. The largest absolute Gasteiger partial charge is 0.393 e. The summed E-state index contributed by atoms with van der Waals surface area (Å²) in [5, 5.41) is 24.2. The monoisotopic (exact) mass is 441 g/mol. The van der Waals surface area contributed by atoms with Crippen LogP contribution >= 0.6 is 11.3 Å². The van der Waals surface area contributed by atoms with Crippen molar-refractivity contribution in [3.05, 3.63) is 28.7 Å². The minimum absolute atomic E-state index is 0.101. The zero-order valence-corrected chi connectivity index (χ0v) is 18.4. The number of thiazole rings is 1. The van der Waals surface area contributed by atoms with Gasteiger partial charge in [0.2, 0.25) is 0 Å². The third-order valence-corrected chi connectivity index (χ3v) is 6.50. The van der Waals surface area contributed by atoms with Crippen molar-refractivity contribution in [2.75, 3.05) is 38.0 Å². The topological polar surface area (TPSA) is 118 Å². The van der Waals surface area contributed by atoms with Gasteiger partial charge in [-0.15, -0.1) is 11.3 Å². The molecule has 164 valence electrons. The number of aromatic nitrogens is 3. The number of amides is 1. The summed E-state index contributed by atoms with van der Waals surface area (Å²) in [6.07, 6.45) is 2.93. The molecule has 0 aromatic carbocycles. The Morgan fingerprint density at radius 1 is 1.29 bits per heavy atom. The Morgan fingerprint density at radius 3 is 2.87 bits per heavy atom. The maximum atomic E-state index is 12.7. The lowest BCUT2D eigenvalue weighted by atomic mass is 9.97. The number of nitrogens with one attached hydrogen (secondary N) is 1. The van der Waals surface area contributed by atoms with E-state index in [-0.39, 0.29) is 17.9 Å². The standard InChI is InChI=1S/C21H27N7O2S/c1-14-11-18(25-19(23-14)15-3-2-7-27(12-15)10-6-22)26-21-24-17(13-31-21)20(30)28-8-4-16(29)5-9-28/h11,13,15-16,29H,2-5,7-10,12H2,1H3,(H,23,24,25,26)/t15-/m1/s1. The summed E-state index contributed by atoms with van der Waals surface area (Å²) in [5.74, 6) is 1.54. The highest BCUT2D eigenvalue weighted by molar-refractivity contribution is 7.14. The average molecular weight is 442 g/mol. The molecule has 4 heterocycles. The van der Waals surface area contributed by atoms with Crippen LogP contribution in [0.3, 0.4) is 0 Å². The van der Waals surface area contributed by atoms with Crippen LogP contribution in [0.25, 0.3) is 0 Å². The van der Waals surface area contributed by atoms with E-state index in [0.717, 1.165) is 37.4 Å². The van der Waals surface area contributed by atoms with Gasteiger partial charge in [-0.1, -0.05) is 0 Å². The Labute approximate surface area is 185 Å². The average Bonchev–Trinajstić information content (AvgIpc) is 3.22. The van der Waals surface area contributed by atoms with Crippen molar-refractivity contribution >= 4 is 28.2 Å². The van der Waals surface area contributed by atoms with E-state index in [1.54, 1.807) is 10.3 Å². The van der Waals surface area contributed by atoms with Crippen LogP contribution in [0.2, 0.25) is 0 Å². The van der Waals surface area contributed by atoms with Crippen molar-refractivity contribution in [2.45, 2.75) is 44.6 Å². The fraction of sp³-hybridized carbons (Fsp3) is 0.571. The van der Waals surface area contributed by atoms with Crippen LogP contribution in [-0.4, -0.2) is 74.6 Å². The molecule has 2 aliphatic heterocycles. The lowest BCUT2D eigenvalue weighted by Gasteiger charge is -2.30. The summed E-state index contributed by atoms with van der Waals surface area (Å²) >= 11 is 1.37. The number of aliphatic hydroxyl groups is 1. The van der Waals surface area contributed by atoms with Crippen molar-refractivity contribution in [1.82, 2.24) is 24.8 Å². The minimum Gasteiger partial charge on any atom is -0.393 e. The van der Waals surface area contributed by atoms with E-state index in [0.29, 0.717) is 49.1 Å². The smallest absolute Gasteiger partial charge is 0.273 e. The molecule has 0 aliphatic carbocycles. The first kappa shape index (κ1) is 21.6. The zero-order chi connectivity index (χ0) is 21.8. The van der Waals surface area contributed by atoms with Gasteiger partial charge in [0.15, 0.2) is 5.13 Å². The summed E-state index contributed by atoms with van der Waals surface area (Å²) in [4.78, 5) is 30.4. The SMILES string of the molecule is Cc1cc(Nc2nc(C(=O)N3CCC(O)CC3)cs2)nc([C@@H]2CCCN(CC#N)C2)n1. The molecule has 31 heavy (non-hydrogen) atoms. The fourth-order valence-electron chi connectivity index (χ4n) is 4.12. The molecule has 4 rings (SSSR count). The number of rotatable bonds is 5. The second-order valence-electron chi connectivity index (χ2n) is 8.17. The molecule has 2 N–H and O–H groups in total. The minimum atomic E-state index is -0.317. The van der Waals surface area contributed by atoms with Gasteiger partial charge in [-0.3, -0.25) is 9.69 Å². The van der Waals surface area contributed by atoms with Crippen LogP contribution in [0.5, 0.6) is 0 Å². The number of carbonyl (C=O) groups excluding carboxylic acids is 1. The summed E-state index contributed by atoms with van der Waals surface area (Å²) < 4.78 is 0. The van der Waals surface area contributed by atoms with E-state index in [1.165, 1.54) is 11.3 Å². The number of aryl methyl sites for hydroxylation is 1. The van der Waals surface area contributed by atoms with E-state index in [1.807, 2.05) is 13.0 Å². The number of aliphatic hydroxyl groups excluding tert-OH is 1. The third-order valence-electron chi connectivity index (χ3n) is 5.75. The Morgan fingerprint density at radius 2 is 2.10 bits per heavy atom. The Balaban J connectivity index is 1.44. The molecule has 0 radical (unpaired) electrons. The zero-order valence-electron chi connectivity index (χ0n) is 17.6. The molecule has 2 fully saturated rings. The van der Waals surface area contributed by atoms with Crippen molar-refractivity contribution in [1.29, 1.82) is 5.26 Å². The number of nitriles is 1. The molecule has 1 atom stereocenters. The molecule has 2 saturated heterocycles. The third kappa shape index (κ3) is 5.36. The summed E-state index contributed by atoms with van der Waals surface area (Å²) in [6.45, 7) is 5.20. The lowest BCUT2D eigenvalue weighted by Crippen LogP contribution is -2.40. The van der Waals surface area contributed by atoms with Gasteiger partial charge in [0.25, 0.3) is 5.91 Å². The van der Waals surface area contributed by atoms with E-state index in [2.05, 4.69) is 26.3 Å². The highest BCUT2D eigenvalue weighted by Crippen LogP contribution is 2.27. The fourth-order valence-corrected chi connectivity index (χ4v) is 4.81. The van der Waals surface area contributed by atoms with E-state index < -0.39 is 0 Å². The number of anilines is 2. The molecule has 2 aromatic rings. The normalized spacial score (nSPS) is 20.4. The molecule has 0 unspecified atom stereocenters. The molecule has 10 heteroatoms. The van der Waals surface area contributed by atoms with Crippen LogP contribution in [0, 0.1) is 18.3 Å². The van der Waals surface area contributed by atoms with E-state index in [9.17, 15) is 9.90 Å². The molecular formula is C21H27N7O2S. The van der Waals surface area contributed by atoms with Gasteiger partial charge >= 0.3 is 0 Å². The summed E-state index contributed by atoms with van der Waals surface area (Å²) in [5.41, 5.74) is 1.28. The number of hydrogen-bond acceptors (Lipinski definition) is 9. The first-order valence-electron chi connectivity index (χ1n) is 10.7. The van der Waals surface area contributed by atoms with Gasteiger partial charge in [0, 0.05) is 42.7 Å². The Kier molecular flexibility index (Phi) is 6.75. The number of likely N-dealkylation sites (tertiary alicyclic amines) is 2. The molecular weight excluding hydrogens is 414 g/mol.